The van der Waals surface area contributed by atoms with Gasteiger partial charge < -0.3 is 4.74 Å². The molecule has 21 heavy (non-hydrogen) atoms. The molecule has 0 spiro atoms. The maximum absolute atomic E-state index is 12.3. The molecule has 0 radical (unpaired) electrons. The van der Waals surface area contributed by atoms with Crippen LogP contribution in [0.4, 0.5) is 0 Å². The SMILES string of the molecule is NNC(=O)C1CCC(Cn2nnc3ccccc3c2=O)O1. The molecule has 3 rings (SSSR count). The molecule has 8 heteroatoms. The van der Waals surface area contributed by atoms with E-state index < -0.39 is 6.10 Å². The van der Waals surface area contributed by atoms with Gasteiger partial charge in [-0.1, -0.05) is 17.3 Å². The summed E-state index contributed by atoms with van der Waals surface area (Å²) in [4.78, 5) is 23.7. The molecule has 8 nitrogen and oxygen atoms in total. The summed E-state index contributed by atoms with van der Waals surface area (Å²) in [5, 5.41) is 8.44. The van der Waals surface area contributed by atoms with Gasteiger partial charge in [0, 0.05) is 0 Å². The van der Waals surface area contributed by atoms with E-state index in [4.69, 9.17) is 10.6 Å². The van der Waals surface area contributed by atoms with Crippen LogP contribution in [0.1, 0.15) is 12.8 Å². The molecule has 1 aromatic carbocycles. The first-order valence-electron chi connectivity index (χ1n) is 6.67. The van der Waals surface area contributed by atoms with E-state index >= 15 is 0 Å². The van der Waals surface area contributed by atoms with Crippen molar-refractivity contribution in [2.45, 2.75) is 31.6 Å². The lowest BCUT2D eigenvalue weighted by Crippen LogP contribution is -2.39. The van der Waals surface area contributed by atoms with Gasteiger partial charge in [-0.25, -0.2) is 10.5 Å². The van der Waals surface area contributed by atoms with Gasteiger partial charge in [-0.05, 0) is 25.0 Å². The van der Waals surface area contributed by atoms with Crippen molar-refractivity contribution in [3.63, 3.8) is 0 Å². The van der Waals surface area contributed by atoms with E-state index in [9.17, 15) is 9.59 Å². The van der Waals surface area contributed by atoms with Crippen molar-refractivity contribution < 1.29 is 9.53 Å². The van der Waals surface area contributed by atoms with E-state index in [0.29, 0.717) is 23.7 Å². The minimum Gasteiger partial charge on any atom is -0.363 e. The molecule has 1 amide bonds. The highest BCUT2D eigenvalue weighted by molar-refractivity contribution is 5.80. The Morgan fingerprint density at radius 1 is 1.43 bits per heavy atom. The van der Waals surface area contributed by atoms with Crippen LogP contribution < -0.4 is 16.8 Å². The average Bonchev–Trinajstić information content (AvgIpc) is 2.98. The van der Waals surface area contributed by atoms with Gasteiger partial charge in [-0.3, -0.25) is 15.0 Å². The molecular formula is C13H15N5O3. The summed E-state index contributed by atoms with van der Waals surface area (Å²) < 4.78 is 6.84. The van der Waals surface area contributed by atoms with Crippen LogP contribution in [-0.2, 0) is 16.1 Å². The number of amides is 1. The summed E-state index contributed by atoms with van der Waals surface area (Å²) >= 11 is 0. The van der Waals surface area contributed by atoms with Crippen LogP contribution >= 0.6 is 0 Å². The Labute approximate surface area is 119 Å². The highest BCUT2D eigenvalue weighted by atomic mass is 16.5. The van der Waals surface area contributed by atoms with E-state index in [1.165, 1.54) is 4.68 Å². The van der Waals surface area contributed by atoms with Crippen molar-refractivity contribution in [2.24, 2.45) is 5.84 Å². The van der Waals surface area contributed by atoms with Crippen LogP contribution in [0, 0.1) is 0 Å². The van der Waals surface area contributed by atoms with Gasteiger partial charge in [-0.2, -0.15) is 0 Å². The number of nitrogens with two attached hydrogens (primary N) is 1. The lowest BCUT2D eigenvalue weighted by Gasteiger charge is -2.13. The number of fused-ring (bicyclic) bond motifs is 1. The van der Waals surface area contributed by atoms with Crippen LogP contribution in [0.5, 0.6) is 0 Å². The number of carbonyl (C=O) groups is 1. The van der Waals surface area contributed by atoms with E-state index in [-0.39, 0.29) is 24.1 Å². The third-order valence-electron chi connectivity index (χ3n) is 3.55. The summed E-state index contributed by atoms with van der Waals surface area (Å²) in [5.74, 6) is 4.73. The molecule has 0 bridgehead atoms. The number of carbonyl (C=O) groups excluding carboxylic acids is 1. The van der Waals surface area contributed by atoms with Gasteiger partial charge in [0.1, 0.15) is 11.6 Å². The Balaban J connectivity index is 1.79. The number of ether oxygens (including phenoxy) is 1. The fraction of sp³-hybridized carbons (Fsp3) is 0.385. The fourth-order valence-corrected chi connectivity index (χ4v) is 2.46. The number of nitrogens with one attached hydrogen (secondary N) is 1. The Kier molecular flexibility index (Phi) is 3.63. The second-order valence-electron chi connectivity index (χ2n) is 4.93. The molecule has 0 aliphatic carbocycles. The number of aromatic nitrogens is 3. The van der Waals surface area contributed by atoms with Gasteiger partial charge >= 0.3 is 0 Å². The third kappa shape index (κ3) is 2.63. The third-order valence-corrected chi connectivity index (χ3v) is 3.55. The van der Waals surface area contributed by atoms with Gasteiger partial charge in [0.2, 0.25) is 0 Å². The van der Waals surface area contributed by atoms with Crippen molar-refractivity contribution in [1.29, 1.82) is 0 Å². The van der Waals surface area contributed by atoms with Gasteiger partial charge in [0.25, 0.3) is 11.5 Å². The van der Waals surface area contributed by atoms with E-state index in [2.05, 4.69) is 15.7 Å². The predicted molar refractivity (Wildman–Crippen MR) is 74.0 cm³/mol. The first-order chi connectivity index (χ1) is 10.2. The number of hydrogen-bond donors (Lipinski definition) is 2. The first-order valence-corrected chi connectivity index (χ1v) is 6.67. The average molecular weight is 289 g/mol. The Morgan fingerprint density at radius 3 is 3.05 bits per heavy atom. The van der Waals surface area contributed by atoms with Gasteiger partial charge in [0.15, 0.2) is 0 Å². The smallest absolute Gasteiger partial charge is 0.277 e. The van der Waals surface area contributed by atoms with Gasteiger partial charge in [-0.15, -0.1) is 5.10 Å². The number of benzene rings is 1. The number of rotatable bonds is 3. The molecule has 2 aromatic rings. The highest BCUT2D eigenvalue weighted by Crippen LogP contribution is 2.20. The van der Waals surface area contributed by atoms with Crippen molar-refractivity contribution in [3.8, 4) is 0 Å². The zero-order valence-electron chi connectivity index (χ0n) is 11.2. The van der Waals surface area contributed by atoms with Crippen LogP contribution in [0.3, 0.4) is 0 Å². The minimum absolute atomic E-state index is 0.212. The van der Waals surface area contributed by atoms with Crippen molar-refractivity contribution >= 4 is 16.8 Å². The largest absolute Gasteiger partial charge is 0.363 e. The lowest BCUT2D eigenvalue weighted by molar-refractivity contribution is -0.132. The lowest BCUT2D eigenvalue weighted by atomic mass is 10.2. The van der Waals surface area contributed by atoms with Crippen LogP contribution in [0.25, 0.3) is 10.9 Å². The maximum atomic E-state index is 12.3. The van der Waals surface area contributed by atoms with Crippen LogP contribution in [0.2, 0.25) is 0 Å². The molecule has 1 aromatic heterocycles. The second kappa shape index (κ2) is 5.58. The Hall–Kier alpha value is -2.32. The maximum Gasteiger partial charge on any atom is 0.277 e. The standard InChI is InChI=1S/C13H15N5O3/c14-15-12(19)11-6-5-8(21-11)7-18-13(20)9-3-1-2-4-10(9)16-17-18/h1-4,8,11H,5-7,14H2,(H,15,19). The summed E-state index contributed by atoms with van der Waals surface area (Å²) in [6.07, 6.45) is 0.423. The van der Waals surface area contributed by atoms with Gasteiger partial charge in [0.05, 0.1) is 18.0 Å². The molecule has 2 heterocycles. The predicted octanol–water partition coefficient (Wildman–Crippen LogP) is -0.671. The monoisotopic (exact) mass is 289 g/mol. The first kappa shape index (κ1) is 13.7. The molecule has 0 saturated carbocycles. The van der Waals surface area contributed by atoms with E-state index in [0.717, 1.165) is 0 Å². The summed E-state index contributed by atoms with van der Waals surface area (Å²) in [5.41, 5.74) is 2.42. The van der Waals surface area contributed by atoms with Crippen molar-refractivity contribution in [2.75, 3.05) is 0 Å². The minimum atomic E-state index is -0.566. The van der Waals surface area contributed by atoms with E-state index in [1.807, 2.05) is 0 Å². The normalized spacial score (nSPS) is 21.6. The number of hydrogen-bond acceptors (Lipinski definition) is 6. The molecule has 1 fully saturated rings. The Bertz CT molecular complexity index is 729. The van der Waals surface area contributed by atoms with Crippen LogP contribution in [0.15, 0.2) is 29.1 Å². The summed E-state index contributed by atoms with van der Waals surface area (Å²) in [7, 11) is 0. The molecule has 1 aliphatic heterocycles. The zero-order valence-corrected chi connectivity index (χ0v) is 11.2. The quantitative estimate of drug-likeness (QED) is 0.440. The molecule has 2 unspecified atom stereocenters. The Morgan fingerprint density at radius 2 is 2.24 bits per heavy atom. The second-order valence-corrected chi connectivity index (χ2v) is 4.93. The van der Waals surface area contributed by atoms with Crippen LogP contribution in [-0.4, -0.2) is 33.1 Å². The summed E-state index contributed by atoms with van der Waals surface area (Å²) in [6, 6.07) is 7.03. The number of hydrazine groups is 1. The fourth-order valence-electron chi connectivity index (χ4n) is 2.46. The highest BCUT2D eigenvalue weighted by Gasteiger charge is 2.30. The molecular weight excluding hydrogens is 274 g/mol. The van der Waals surface area contributed by atoms with Crippen molar-refractivity contribution in [3.05, 3.63) is 34.6 Å². The van der Waals surface area contributed by atoms with E-state index in [1.54, 1.807) is 24.3 Å². The summed E-state index contributed by atoms with van der Waals surface area (Å²) in [6.45, 7) is 0.269. The molecule has 110 valence electrons. The molecule has 1 saturated heterocycles. The molecule has 1 aliphatic rings. The topological polar surface area (TPSA) is 112 Å². The molecule has 3 N–H and O–H groups in total. The molecule has 2 atom stereocenters. The number of nitrogens with zero attached hydrogens (tertiary/aromatic N) is 3. The van der Waals surface area contributed by atoms with Crippen molar-refractivity contribution in [1.82, 2.24) is 20.4 Å². The zero-order chi connectivity index (χ0) is 14.8.